The van der Waals surface area contributed by atoms with Gasteiger partial charge in [-0.3, -0.25) is 9.59 Å². The Morgan fingerprint density at radius 2 is 1.78 bits per heavy atom. The second kappa shape index (κ2) is 7.92. The number of hydrogen-bond donors (Lipinski definition) is 2. The van der Waals surface area contributed by atoms with Crippen LogP contribution in [0.3, 0.4) is 0 Å². The molecular weight excluding hydrogens is 352 g/mol. The third-order valence-corrected chi connectivity index (χ3v) is 4.21. The van der Waals surface area contributed by atoms with E-state index in [0.717, 1.165) is 12.4 Å². The van der Waals surface area contributed by atoms with Crippen LogP contribution < -0.4 is 5.32 Å². The number of anilines is 1. The van der Waals surface area contributed by atoms with E-state index in [1.807, 2.05) is 0 Å². The van der Waals surface area contributed by atoms with E-state index in [1.54, 1.807) is 30.0 Å². The number of carboxylic acids is 1. The Kier molecular flexibility index (Phi) is 5.41. The summed E-state index contributed by atoms with van der Waals surface area (Å²) in [6, 6.07) is 5.09. The lowest BCUT2D eigenvalue weighted by molar-refractivity contribution is 0.0302. The molecule has 27 heavy (non-hydrogen) atoms. The summed E-state index contributed by atoms with van der Waals surface area (Å²) in [6.07, 6.45) is 2.11. The van der Waals surface area contributed by atoms with Gasteiger partial charge in [0.1, 0.15) is 5.69 Å². The smallest absolute Gasteiger partial charge is 0.356 e. The van der Waals surface area contributed by atoms with Crippen LogP contribution in [0.2, 0.25) is 0 Å². The topological polar surface area (TPSA) is 122 Å². The van der Waals surface area contributed by atoms with E-state index in [4.69, 9.17) is 9.84 Å². The number of morpholine rings is 1. The van der Waals surface area contributed by atoms with Crippen LogP contribution in [-0.2, 0) is 4.74 Å². The molecule has 3 rings (SSSR count). The number of carbonyl (C=O) groups is 3. The van der Waals surface area contributed by atoms with Crippen LogP contribution in [0.1, 0.15) is 36.9 Å². The summed E-state index contributed by atoms with van der Waals surface area (Å²) >= 11 is 0. The van der Waals surface area contributed by atoms with Crippen LogP contribution in [0.4, 0.5) is 5.69 Å². The van der Waals surface area contributed by atoms with Crippen LogP contribution in [0.5, 0.6) is 0 Å². The van der Waals surface area contributed by atoms with Gasteiger partial charge in [-0.1, -0.05) is 6.07 Å². The Morgan fingerprint density at radius 3 is 2.41 bits per heavy atom. The van der Waals surface area contributed by atoms with Crippen molar-refractivity contribution in [1.82, 2.24) is 14.9 Å². The number of hydrogen-bond acceptors (Lipinski definition) is 6. The van der Waals surface area contributed by atoms with Crippen molar-refractivity contribution < 1.29 is 24.2 Å². The van der Waals surface area contributed by atoms with E-state index in [-0.39, 0.29) is 17.3 Å². The average molecular weight is 370 g/mol. The summed E-state index contributed by atoms with van der Waals surface area (Å²) in [5.74, 6) is -1.88. The first-order valence-electron chi connectivity index (χ1n) is 8.30. The van der Waals surface area contributed by atoms with Gasteiger partial charge in [0.15, 0.2) is 5.69 Å². The maximum Gasteiger partial charge on any atom is 0.356 e. The predicted octanol–water partition coefficient (Wildman–Crippen LogP) is 1.21. The van der Waals surface area contributed by atoms with Crippen molar-refractivity contribution >= 4 is 23.5 Å². The lowest BCUT2D eigenvalue weighted by Gasteiger charge is -2.27. The fraction of sp³-hybridized carbons (Fsp3) is 0.278. The van der Waals surface area contributed by atoms with Gasteiger partial charge in [-0.15, -0.1) is 0 Å². The van der Waals surface area contributed by atoms with Gasteiger partial charge in [0.25, 0.3) is 11.8 Å². The van der Waals surface area contributed by atoms with Crippen molar-refractivity contribution in [2.24, 2.45) is 0 Å². The van der Waals surface area contributed by atoms with Crippen LogP contribution >= 0.6 is 0 Å². The van der Waals surface area contributed by atoms with Crippen molar-refractivity contribution in [1.29, 1.82) is 0 Å². The van der Waals surface area contributed by atoms with Crippen LogP contribution in [-0.4, -0.2) is 64.1 Å². The maximum absolute atomic E-state index is 12.7. The monoisotopic (exact) mass is 370 g/mol. The molecule has 140 valence electrons. The highest BCUT2D eigenvalue weighted by molar-refractivity contribution is 6.05. The SMILES string of the molecule is Cc1c(NC(=O)c2cnc(C(=O)O)cn2)cccc1C(=O)N1CCOCC1. The normalized spacial score (nSPS) is 13.9. The molecule has 0 atom stereocenters. The zero-order valence-corrected chi connectivity index (χ0v) is 14.6. The summed E-state index contributed by atoms with van der Waals surface area (Å²) in [7, 11) is 0. The van der Waals surface area contributed by atoms with Gasteiger partial charge in [-0.05, 0) is 24.6 Å². The van der Waals surface area contributed by atoms with Crippen molar-refractivity contribution in [3.05, 3.63) is 53.1 Å². The minimum absolute atomic E-state index is 0.0238. The van der Waals surface area contributed by atoms with E-state index in [2.05, 4.69) is 15.3 Å². The second-order valence-electron chi connectivity index (χ2n) is 5.93. The van der Waals surface area contributed by atoms with Gasteiger partial charge in [0.05, 0.1) is 25.6 Å². The molecule has 0 spiro atoms. The first-order chi connectivity index (χ1) is 13.0. The summed E-state index contributed by atoms with van der Waals surface area (Å²) < 4.78 is 5.26. The molecule has 2 heterocycles. The number of carbonyl (C=O) groups excluding carboxylic acids is 2. The molecule has 2 amide bonds. The number of rotatable bonds is 4. The summed E-state index contributed by atoms with van der Waals surface area (Å²) in [5.41, 5.74) is 1.34. The van der Waals surface area contributed by atoms with Gasteiger partial charge >= 0.3 is 5.97 Å². The largest absolute Gasteiger partial charge is 0.476 e. The number of carboxylic acid groups (broad SMARTS) is 1. The van der Waals surface area contributed by atoms with E-state index in [1.165, 1.54) is 0 Å². The zero-order chi connectivity index (χ0) is 19.4. The van der Waals surface area contributed by atoms with Crippen molar-refractivity contribution in [2.45, 2.75) is 6.92 Å². The molecular formula is C18H18N4O5. The predicted molar refractivity (Wildman–Crippen MR) is 94.8 cm³/mol. The number of aromatic nitrogens is 2. The lowest BCUT2D eigenvalue weighted by Crippen LogP contribution is -2.41. The summed E-state index contributed by atoms with van der Waals surface area (Å²) in [5, 5.41) is 11.5. The Labute approximate surface area is 155 Å². The first kappa shape index (κ1) is 18.5. The van der Waals surface area contributed by atoms with Gasteiger partial charge in [0, 0.05) is 24.3 Å². The molecule has 1 aromatic carbocycles. The molecule has 9 heteroatoms. The van der Waals surface area contributed by atoms with E-state index < -0.39 is 11.9 Å². The quantitative estimate of drug-likeness (QED) is 0.829. The van der Waals surface area contributed by atoms with Crippen molar-refractivity contribution in [2.75, 3.05) is 31.6 Å². The molecule has 2 aromatic rings. The van der Waals surface area contributed by atoms with Crippen molar-refractivity contribution in [3.8, 4) is 0 Å². The number of aromatic carboxylic acids is 1. The van der Waals surface area contributed by atoms with E-state index in [0.29, 0.717) is 43.1 Å². The second-order valence-corrected chi connectivity index (χ2v) is 5.93. The third-order valence-electron chi connectivity index (χ3n) is 4.21. The first-order valence-corrected chi connectivity index (χ1v) is 8.30. The van der Waals surface area contributed by atoms with Gasteiger partial charge < -0.3 is 20.1 Å². The highest BCUT2D eigenvalue weighted by Crippen LogP contribution is 2.21. The molecule has 0 unspecified atom stereocenters. The number of nitrogens with zero attached hydrogens (tertiary/aromatic N) is 3. The zero-order valence-electron chi connectivity index (χ0n) is 14.6. The molecule has 0 saturated carbocycles. The number of benzene rings is 1. The van der Waals surface area contributed by atoms with Crippen LogP contribution in [0.15, 0.2) is 30.6 Å². The number of ether oxygens (including phenoxy) is 1. The average Bonchev–Trinajstić information content (AvgIpc) is 2.69. The molecule has 0 bridgehead atoms. The molecule has 1 fully saturated rings. The minimum atomic E-state index is -1.22. The Hall–Kier alpha value is -3.33. The molecule has 1 aliphatic heterocycles. The maximum atomic E-state index is 12.7. The fourth-order valence-corrected chi connectivity index (χ4v) is 2.68. The highest BCUT2D eigenvalue weighted by atomic mass is 16.5. The number of amides is 2. The molecule has 9 nitrogen and oxygen atoms in total. The molecule has 0 radical (unpaired) electrons. The molecule has 0 aliphatic carbocycles. The minimum Gasteiger partial charge on any atom is -0.476 e. The summed E-state index contributed by atoms with van der Waals surface area (Å²) in [4.78, 5) is 45.1. The molecule has 2 N–H and O–H groups in total. The molecule has 1 aromatic heterocycles. The number of nitrogens with one attached hydrogen (secondary N) is 1. The fourth-order valence-electron chi connectivity index (χ4n) is 2.68. The standard InChI is InChI=1S/C18H18N4O5/c1-11-12(17(24)22-5-7-27-8-6-22)3-2-4-13(11)21-16(23)14-9-20-15(10-19-14)18(25)26/h2-4,9-10H,5-8H2,1H3,(H,21,23)(H,25,26). The van der Waals surface area contributed by atoms with Crippen LogP contribution in [0.25, 0.3) is 0 Å². The van der Waals surface area contributed by atoms with Crippen LogP contribution in [0, 0.1) is 6.92 Å². The summed E-state index contributed by atoms with van der Waals surface area (Å²) in [6.45, 7) is 3.82. The molecule has 1 saturated heterocycles. The van der Waals surface area contributed by atoms with Gasteiger partial charge in [-0.2, -0.15) is 0 Å². The van der Waals surface area contributed by atoms with Crippen molar-refractivity contribution in [3.63, 3.8) is 0 Å². The molecule has 1 aliphatic rings. The highest BCUT2D eigenvalue weighted by Gasteiger charge is 2.21. The Morgan fingerprint density at radius 1 is 1.11 bits per heavy atom. The van der Waals surface area contributed by atoms with Gasteiger partial charge in [0.2, 0.25) is 0 Å². The third kappa shape index (κ3) is 4.09. The lowest BCUT2D eigenvalue weighted by atomic mass is 10.0. The van der Waals surface area contributed by atoms with E-state index in [9.17, 15) is 14.4 Å². The Bertz CT molecular complexity index is 876. The Balaban J connectivity index is 1.77. The van der Waals surface area contributed by atoms with Gasteiger partial charge in [-0.25, -0.2) is 14.8 Å². The van der Waals surface area contributed by atoms with E-state index >= 15 is 0 Å².